The van der Waals surface area contributed by atoms with E-state index in [2.05, 4.69) is 5.32 Å². The van der Waals surface area contributed by atoms with Gasteiger partial charge < -0.3 is 43.7 Å². The Balaban J connectivity index is 1.45. The largest absolute Gasteiger partial charge is 0.508 e. The van der Waals surface area contributed by atoms with Crippen molar-refractivity contribution in [1.29, 1.82) is 0 Å². The van der Waals surface area contributed by atoms with Crippen LogP contribution in [-0.2, 0) is 22.4 Å². The molecule has 7 rings (SSSR count). The van der Waals surface area contributed by atoms with Crippen molar-refractivity contribution in [2.75, 3.05) is 54.2 Å². The quantitative estimate of drug-likeness (QED) is 0.231. The fraction of sp³-hybridized carbons (Fsp3) is 0.333. The summed E-state index contributed by atoms with van der Waals surface area (Å²) in [5, 5.41) is 13.5. The number of rotatable bonds is 7. The van der Waals surface area contributed by atoms with Gasteiger partial charge in [-0.2, -0.15) is 0 Å². The number of hydrogen-bond acceptors (Lipinski definition) is 9. The fourth-order valence-electron chi connectivity index (χ4n) is 6.34. The Labute approximate surface area is 291 Å². The molecule has 4 aromatic rings. The van der Waals surface area contributed by atoms with Gasteiger partial charge >= 0.3 is 0 Å². The standard InChI is InChI=1S/C39H42N2O9/c1-45-16-17-48-31-20-28(19-29(42)23-31)39(44)41-14-12-26-21-36-34(47-3)24-32(26)38(41)27-9-10-33(46-2)35(22-27)49-15-5-13-40-37(43)11-8-25-6-4-7-30(18-25)50-36/h4,6-7,9-10,18-24,38,42H,5,8,11-17H2,1-3H3,(H,40,43). The van der Waals surface area contributed by atoms with Crippen molar-refractivity contribution >= 4 is 11.8 Å². The second-order valence-electron chi connectivity index (χ2n) is 12.1. The summed E-state index contributed by atoms with van der Waals surface area (Å²) in [6.07, 6.45) is 2.05. The molecule has 11 nitrogen and oxygen atoms in total. The van der Waals surface area contributed by atoms with E-state index < -0.39 is 6.04 Å². The molecular formula is C39H42N2O9. The Morgan fingerprint density at radius 2 is 1.78 bits per heavy atom. The molecule has 2 N–H and O–H groups in total. The number of hydrogen-bond donors (Lipinski definition) is 2. The van der Waals surface area contributed by atoms with Crippen LogP contribution in [0.25, 0.3) is 0 Å². The van der Waals surface area contributed by atoms with Crippen LogP contribution >= 0.6 is 0 Å². The molecule has 0 saturated carbocycles. The lowest BCUT2D eigenvalue weighted by atomic mass is 9.87. The van der Waals surface area contributed by atoms with Crippen LogP contribution in [0.15, 0.2) is 72.8 Å². The number of amides is 2. The van der Waals surface area contributed by atoms with E-state index in [-0.39, 0.29) is 29.7 Å². The predicted octanol–water partition coefficient (Wildman–Crippen LogP) is 5.85. The number of benzene rings is 4. The molecule has 0 aliphatic carbocycles. The summed E-state index contributed by atoms with van der Waals surface area (Å²) in [5.74, 6) is 2.68. The van der Waals surface area contributed by atoms with E-state index in [1.165, 1.54) is 12.1 Å². The van der Waals surface area contributed by atoms with Crippen LogP contribution in [0, 0.1) is 0 Å². The lowest BCUT2D eigenvalue weighted by Gasteiger charge is -2.38. The van der Waals surface area contributed by atoms with E-state index in [4.69, 9.17) is 28.4 Å². The number of carbonyl (C=O) groups is 2. The molecule has 50 heavy (non-hydrogen) atoms. The highest BCUT2D eigenvalue weighted by molar-refractivity contribution is 5.96. The maximum Gasteiger partial charge on any atom is 0.254 e. The third-order valence-electron chi connectivity index (χ3n) is 8.78. The first-order valence-corrected chi connectivity index (χ1v) is 16.7. The van der Waals surface area contributed by atoms with Crippen molar-refractivity contribution in [3.8, 4) is 40.2 Å². The third kappa shape index (κ3) is 7.89. The second-order valence-corrected chi connectivity index (χ2v) is 12.1. The van der Waals surface area contributed by atoms with Crippen molar-refractivity contribution in [2.45, 2.75) is 31.7 Å². The minimum Gasteiger partial charge on any atom is -0.508 e. The molecule has 3 aliphatic heterocycles. The first-order valence-electron chi connectivity index (χ1n) is 16.7. The molecule has 0 spiro atoms. The van der Waals surface area contributed by atoms with E-state index in [9.17, 15) is 14.7 Å². The second kappa shape index (κ2) is 15.9. The van der Waals surface area contributed by atoms with Gasteiger partial charge in [0.1, 0.15) is 23.9 Å². The molecule has 0 aromatic heterocycles. The van der Waals surface area contributed by atoms with Gasteiger partial charge in [-0.25, -0.2) is 0 Å². The maximum absolute atomic E-state index is 14.4. The molecule has 3 aliphatic rings. The highest BCUT2D eigenvalue weighted by atomic mass is 16.5. The average Bonchev–Trinajstić information content (AvgIpc) is 3.12. The smallest absolute Gasteiger partial charge is 0.254 e. The van der Waals surface area contributed by atoms with E-state index >= 15 is 0 Å². The Hall–Kier alpha value is -5.42. The molecule has 0 fully saturated rings. The minimum absolute atomic E-state index is 0.0395. The lowest BCUT2D eigenvalue weighted by Crippen LogP contribution is -2.40. The Morgan fingerprint density at radius 1 is 0.920 bits per heavy atom. The Kier molecular flexibility index (Phi) is 10.9. The summed E-state index contributed by atoms with van der Waals surface area (Å²) in [6.45, 7) is 1.82. The molecule has 11 heteroatoms. The molecule has 0 radical (unpaired) electrons. The molecule has 4 aromatic carbocycles. The molecule has 262 valence electrons. The van der Waals surface area contributed by atoms with E-state index in [0.29, 0.717) is 86.5 Å². The summed E-state index contributed by atoms with van der Waals surface area (Å²) in [6, 6.07) is 21.2. The van der Waals surface area contributed by atoms with Gasteiger partial charge in [0.15, 0.2) is 23.0 Å². The lowest BCUT2D eigenvalue weighted by molar-refractivity contribution is -0.121. The zero-order valence-corrected chi connectivity index (χ0v) is 28.5. The topological polar surface area (TPSA) is 125 Å². The molecule has 1 atom stereocenters. The number of fused-ring (bicyclic) bond motifs is 8. The van der Waals surface area contributed by atoms with Crippen molar-refractivity contribution in [3.05, 3.63) is 101 Å². The summed E-state index contributed by atoms with van der Waals surface area (Å²) in [7, 11) is 4.74. The zero-order valence-electron chi connectivity index (χ0n) is 28.5. The van der Waals surface area contributed by atoms with Crippen molar-refractivity contribution in [3.63, 3.8) is 0 Å². The van der Waals surface area contributed by atoms with Gasteiger partial charge in [0.2, 0.25) is 5.91 Å². The normalized spacial score (nSPS) is 16.0. The molecule has 8 bridgehead atoms. The number of carbonyl (C=O) groups excluding carboxylic acids is 2. The number of nitrogens with zero attached hydrogens (tertiary/aromatic N) is 1. The SMILES string of the molecule is COCCOc1cc(O)cc(C(=O)N2CCc3cc4c(OC)cc3C2c2ccc(OC)c(c2)OCCCNC(=O)CCc2cccc(c2)O4)c1. The fourth-order valence-corrected chi connectivity index (χ4v) is 6.34. The highest BCUT2D eigenvalue weighted by Crippen LogP contribution is 2.44. The zero-order chi connectivity index (χ0) is 35.0. The monoisotopic (exact) mass is 682 g/mol. The van der Waals surface area contributed by atoms with Crippen LogP contribution in [0.3, 0.4) is 0 Å². The average molecular weight is 683 g/mol. The molecule has 2 amide bonds. The first-order chi connectivity index (χ1) is 24.4. The van der Waals surface area contributed by atoms with Crippen LogP contribution in [0.2, 0.25) is 0 Å². The number of aromatic hydroxyl groups is 1. The first kappa shape index (κ1) is 34.4. The van der Waals surface area contributed by atoms with Gasteiger partial charge in [-0.3, -0.25) is 9.59 Å². The van der Waals surface area contributed by atoms with E-state index in [1.807, 2.05) is 54.6 Å². The van der Waals surface area contributed by atoms with Crippen molar-refractivity contribution in [2.24, 2.45) is 0 Å². The Morgan fingerprint density at radius 3 is 2.60 bits per heavy atom. The maximum atomic E-state index is 14.4. The van der Waals surface area contributed by atoms with E-state index in [1.54, 1.807) is 32.3 Å². The summed E-state index contributed by atoms with van der Waals surface area (Å²) in [4.78, 5) is 28.8. The van der Waals surface area contributed by atoms with Gasteiger partial charge in [-0.1, -0.05) is 18.2 Å². The third-order valence-corrected chi connectivity index (χ3v) is 8.78. The van der Waals surface area contributed by atoms with Gasteiger partial charge in [-0.15, -0.1) is 0 Å². The number of ether oxygens (including phenoxy) is 6. The van der Waals surface area contributed by atoms with Crippen molar-refractivity contribution < 1.29 is 43.1 Å². The van der Waals surface area contributed by atoms with E-state index in [0.717, 1.165) is 22.3 Å². The number of phenolic OH excluding ortho intramolecular Hbond substituents is 1. The molecule has 0 saturated heterocycles. The number of nitrogens with one attached hydrogen (secondary N) is 1. The van der Waals surface area contributed by atoms with Crippen LogP contribution in [0.5, 0.6) is 40.2 Å². The van der Waals surface area contributed by atoms with Crippen LogP contribution in [0.4, 0.5) is 0 Å². The molecular weight excluding hydrogens is 640 g/mol. The summed E-state index contributed by atoms with van der Waals surface area (Å²) >= 11 is 0. The van der Waals surface area contributed by atoms with Gasteiger partial charge in [0.05, 0.1) is 33.5 Å². The molecule has 1 unspecified atom stereocenters. The number of aryl methyl sites for hydroxylation is 1. The van der Waals surface area contributed by atoms with Crippen LogP contribution < -0.4 is 29.0 Å². The van der Waals surface area contributed by atoms with Gasteiger partial charge in [0, 0.05) is 38.2 Å². The molecule has 3 heterocycles. The highest BCUT2D eigenvalue weighted by Gasteiger charge is 2.35. The number of methoxy groups -OCH3 is 3. The van der Waals surface area contributed by atoms with Crippen LogP contribution in [0.1, 0.15) is 51.5 Å². The van der Waals surface area contributed by atoms with Gasteiger partial charge in [-0.05, 0) is 90.0 Å². The summed E-state index contributed by atoms with van der Waals surface area (Å²) in [5.41, 5.74) is 3.91. The number of phenols is 1. The Bertz CT molecular complexity index is 1840. The minimum atomic E-state index is -0.559. The summed E-state index contributed by atoms with van der Waals surface area (Å²) < 4.78 is 34.9. The predicted molar refractivity (Wildman–Crippen MR) is 186 cm³/mol. The van der Waals surface area contributed by atoms with Crippen LogP contribution in [-0.4, -0.2) is 76.1 Å². The van der Waals surface area contributed by atoms with Crippen molar-refractivity contribution in [1.82, 2.24) is 10.2 Å². The van der Waals surface area contributed by atoms with Gasteiger partial charge in [0.25, 0.3) is 5.91 Å².